The maximum atomic E-state index is 15.4. The van der Waals surface area contributed by atoms with E-state index in [1.165, 1.54) is 30.4 Å². The Labute approximate surface area is 193 Å². The molecule has 1 aliphatic heterocycles. The van der Waals surface area contributed by atoms with E-state index in [0.29, 0.717) is 17.3 Å². The fourth-order valence-corrected chi connectivity index (χ4v) is 4.34. The smallest absolute Gasteiger partial charge is 0.260 e. The van der Waals surface area contributed by atoms with Gasteiger partial charge in [0.1, 0.15) is 17.1 Å². The summed E-state index contributed by atoms with van der Waals surface area (Å²) in [4.78, 5) is 24.5. The van der Waals surface area contributed by atoms with Crippen molar-refractivity contribution in [3.63, 3.8) is 0 Å². The molecule has 0 bridgehead atoms. The van der Waals surface area contributed by atoms with Crippen LogP contribution < -0.4 is 4.74 Å². The number of aromatic amines is 1. The zero-order valence-electron chi connectivity index (χ0n) is 18.0. The lowest BCUT2D eigenvalue weighted by Crippen LogP contribution is -2.33. The van der Waals surface area contributed by atoms with Crippen molar-refractivity contribution >= 4 is 28.5 Å². The summed E-state index contributed by atoms with van der Waals surface area (Å²) in [5.41, 5.74) is 3.29. The zero-order chi connectivity index (χ0) is 23.3. The summed E-state index contributed by atoms with van der Waals surface area (Å²) in [5.74, 6) is -0.763. The average molecular weight is 467 g/mol. The van der Waals surface area contributed by atoms with Crippen LogP contribution in [0.15, 0.2) is 48.8 Å². The van der Waals surface area contributed by atoms with Gasteiger partial charge in [-0.05, 0) is 43.2 Å². The lowest BCUT2D eigenvalue weighted by atomic mass is 10.1. The van der Waals surface area contributed by atoms with Crippen molar-refractivity contribution in [3.05, 3.63) is 76.6 Å². The number of aromatic nitrogens is 5. The molecular weight excluding hydrogens is 447 g/mol. The second-order valence-electron chi connectivity index (χ2n) is 7.89. The zero-order valence-corrected chi connectivity index (χ0v) is 18.7. The molecular formula is C23H20ClFN6O2. The Hall–Kier alpha value is -3.72. The number of halogens is 2. The molecule has 5 rings (SSSR count). The molecule has 1 N–H and O–H groups in total. The van der Waals surface area contributed by atoms with Crippen LogP contribution in [0.2, 0.25) is 5.02 Å². The molecule has 1 amide bonds. The lowest BCUT2D eigenvalue weighted by molar-refractivity contribution is 0.0727. The van der Waals surface area contributed by atoms with Crippen LogP contribution >= 0.6 is 11.6 Å². The molecule has 0 aliphatic carbocycles. The number of imidazole rings is 1. The summed E-state index contributed by atoms with van der Waals surface area (Å²) in [6, 6.07) is 6.16. The molecule has 0 spiro atoms. The molecule has 1 fully saturated rings. The number of nitrogens with zero attached hydrogens (tertiary/aromatic N) is 5. The molecule has 10 heteroatoms. The topological polar surface area (TPSA) is 88.9 Å². The van der Waals surface area contributed by atoms with Gasteiger partial charge in [0.2, 0.25) is 0 Å². The quantitative estimate of drug-likeness (QED) is 0.450. The summed E-state index contributed by atoms with van der Waals surface area (Å²) >= 11 is 6.26. The number of carbonyl (C=O) groups is 1. The molecule has 2 aromatic heterocycles. The maximum absolute atomic E-state index is 15.4. The number of nitrogens with one attached hydrogen (secondary N) is 1. The normalized spacial score (nSPS) is 16.1. The Balaban J connectivity index is 1.61. The summed E-state index contributed by atoms with van der Waals surface area (Å²) in [6.07, 6.45) is 3.41. The monoisotopic (exact) mass is 466 g/mol. The molecule has 0 saturated carbocycles. The highest BCUT2D eigenvalue weighted by atomic mass is 35.5. The van der Waals surface area contributed by atoms with Gasteiger partial charge in [0.15, 0.2) is 11.6 Å². The Morgan fingerprint density at radius 1 is 1.27 bits per heavy atom. The Morgan fingerprint density at radius 2 is 2.03 bits per heavy atom. The first-order valence-electron chi connectivity index (χ1n) is 10.2. The van der Waals surface area contributed by atoms with Crippen LogP contribution in [0.4, 0.5) is 4.39 Å². The third kappa shape index (κ3) is 3.45. The van der Waals surface area contributed by atoms with E-state index in [9.17, 15) is 4.79 Å². The number of rotatable bonds is 4. The Kier molecular flexibility index (Phi) is 5.13. The fourth-order valence-electron chi connectivity index (χ4n) is 4.18. The van der Waals surface area contributed by atoms with E-state index in [-0.39, 0.29) is 23.5 Å². The molecule has 2 aromatic carbocycles. The van der Waals surface area contributed by atoms with E-state index >= 15 is 4.39 Å². The number of likely N-dealkylation sites (tertiary alicyclic amines) is 1. The molecule has 1 atom stereocenters. The van der Waals surface area contributed by atoms with Crippen molar-refractivity contribution < 1.29 is 13.9 Å². The predicted molar refractivity (Wildman–Crippen MR) is 121 cm³/mol. The molecule has 1 saturated heterocycles. The van der Waals surface area contributed by atoms with Gasteiger partial charge in [-0.3, -0.25) is 4.79 Å². The second-order valence-corrected chi connectivity index (χ2v) is 8.29. The van der Waals surface area contributed by atoms with Gasteiger partial charge in [-0.15, -0.1) is 0 Å². The third-order valence-corrected chi connectivity index (χ3v) is 6.26. The molecule has 4 aromatic rings. The van der Waals surface area contributed by atoms with Crippen LogP contribution in [-0.2, 0) is 0 Å². The summed E-state index contributed by atoms with van der Waals surface area (Å²) in [5, 5.41) is 8.76. The lowest BCUT2D eigenvalue weighted by Gasteiger charge is -2.24. The largest absolute Gasteiger partial charge is 0.494 e. The molecule has 168 valence electrons. The van der Waals surface area contributed by atoms with Gasteiger partial charge in [-0.1, -0.05) is 23.8 Å². The SMILES string of the molecule is C=C1CC(c2nc3ccc(Cl)c(C)c3[nH]2)N(C(=O)c2c(-n3nccn3)ccc(OC)c2F)C1. The number of methoxy groups -OCH3 is 1. The van der Waals surface area contributed by atoms with Gasteiger partial charge in [-0.25, -0.2) is 9.37 Å². The molecule has 3 heterocycles. The van der Waals surface area contributed by atoms with E-state index in [4.69, 9.17) is 16.3 Å². The third-order valence-electron chi connectivity index (χ3n) is 5.85. The van der Waals surface area contributed by atoms with E-state index in [0.717, 1.165) is 22.2 Å². The van der Waals surface area contributed by atoms with Gasteiger partial charge < -0.3 is 14.6 Å². The van der Waals surface area contributed by atoms with Crippen molar-refractivity contribution in [2.45, 2.75) is 19.4 Å². The number of aryl methyl sites for hydroxylation is 1. The highest BCUT2D eigenvalue weighted by molar-refractivity contribution is 6.32. The van der Waals surface area contributed by atoms with Crippen LogP contribution in [0.3, 0.4) is 0 Å². The van der Waals surface area contributed by atoms with Crippen molar-refractivity contribution in [2.24, 2.45) is 0 Å². The van der Waals surface area contributed by atoms with Gasteiger partial charge in [0, 0.05) is 11.6 Å². The number of fused-ring (bicyclic) bond motifs is 1. The molecule has 0 radical (unpaired) electrons. The average Bonchev–Trinajstić information content (AvgIpc) is 3.55. The number of hydrogen-bond acceptors (Lipinski definition) is 5. The minimum absolute atomic E-state index is 0.0437. The minimum Gasteiger partial charge on any atom is -0.494 e. The van der Waals surface area contributed by atoms with Crippen LogP contribution in [0.1, 0.15) is 34.2 Å². The van der Waals surface area contributed by atoms with Gasteiger partial charge in [0.25, 0.3) is 5.91 Å². The molecule has 33 heavy (non-hydrogen) atoms. The van der Waals surface area contributed by atoms with Gasteiger partial charge in [-0.2, -0.15) is 15.0 Å². The number of hydrogen-bond donors (Lipinski definition) is 1. The van der Waals surface area contributed by atoms with Crippen LogP contribution in [0.25, 0.3) is 16.7 Å². The number of H-pyrrole nitrogens is 1. The van der Waals surface area contributed by atoms with Gasteiger partial charge in [0.05, 0.1) is 36.6 Å². The molecule has 8 nitrogen and oxygen atoms in total. The van der Waals surface area contributed by atoms with Crippen molar-refractivity contribution in [1.82, 2.24) is 29.9 Å². The second kappa shape index (κ2) is 8.00. The fraction of sp³-hybridized carbons (Fsp3) is 0.217. The van der Waals surface area contributed by atoms with Crippen LogP contribution in [0.5, 0.6) is 5.75 Å². The van der Waals surface area contributed by atoms with Crippen LogP contribution in [-0.4, -0.2) is 49.4 Å². The van der Waals surface area contributed by atoms with Crippen molar-refractivity contribution in [1.29, 1.82) is 0 Å². The van der Waals surface area contributed by atoms with Gasteiger partial charge >= 0.3 is 0 Å². The number of benzene rings is 2. The van der Waals surface area contributed by atoms with Crippen molar-refractivity contribution in [2.75, 3.05) is 13.7 Å². The number of amides is 1. The Bertz CT molecular complexity index is 1400. The maximum Gasteiger partial charge on any atom is 0.260 e. The minimum atomic E-state index is -0.777. The standard InChI is InChI=1S/C23H20ClFN6O2/c1-12-10-17(22-28-15-5-4-14(24)13(2)21(15)29-22)30(11-12)23(32)19-16(31-26-8-9-27-31)6-7-18(33-3)20(19)25/h4-9,17H,1,10-11H2,2-3H3,(H,28,29). The van der Waals surface area contributed by atoms with Crippen LogP contribution in [0, 0.1) is 12.7 Å². The number of ether oxygens (including phenoxy) is 1. The highest BCUT2D eigenvalue weighted by Crippen LogP contribution is 2.38. The summed E-state index contributed by atoms with van der Waals surface area (Å²) in [7, 11) is 1.35. The summed E-state index contributed by atoms with van der Waals surface area (Å²) in [6.45, 7) is 6.23. The molecule has 1 aliphatic rings. The van der Waals surface area contributed by atoms with E-state index < -0.39 is 17.8 Å². The number of carbonyl (C=O) groups excluding carboxylic acids is 1. The first-order valence-corrected chi connectivity index (χ1v) is 10.6. The first kappa shape index (κ1) is 21.1. The van der Waals surface area contributed by atoms with E-state index in [1.54, 1.807) is 17.0 Å². The first-order chi connectivity index (χ1) is 15.9. The van der Waals surface area contributed by atoms with Crippen molar-refractivity contribution in [3.8, 4) is 11.4 Å². The highest BCUT2D eigenvalue weighted by Gasteiger charge is 2.37. The predicted octanol–water partition coefficient (Wildman–Crippen LogP) is 4.40. The molecule has 1 unspecified atom stereocenters. The summed E-state index contributed by atoms with van der Waals surface area (Å²) < 4.78 is 20.5. The Morgan fingerprint density at radius 3 is 2.76 bits per heavy atom. The van der Waals surface area contributed by atoms with E-state index in [1.807, 2.05) is 13.0 Å². The van der Waals surface area contributed by atoms with E-state index in [2.05, 4.69) is 26.7 Å².